The van der Waals surface area contributed by atoms with Gasteiger partial charge in [-0.05, 0) is 18.9 Å². The van der Waals surface area contributed by atoms with Gasteiger partial charge in [-0.1, -0.05) is 13.8 Å². The van der Waals surface area contributed by atoms with E-state index in [1.165, 1.54) is 0 Å². The lowest BCUT2D eigenvalue weighted by molar-refractivity contribution is 0.137. The van der Waals surface area contributed by atoms with Crippen molar-refractivity contribution < 1.29 is 5.11 Å². The van der Waals surface area contributed by atoms with Gasteiger partial charge in [0.05, 0.1) is 6.10 Å². The topological polar surface area (TPSA) is 101 Å². The zero-order chi connectivity index (χ0) is 15.2. The monoisotopic (exact) mass is 291 g/mol. The summed E-state index contributed by atoms with van der Waals surface area (Å²) in [7, 11) is 0. The molecule has 2 aromatic rings. The Labute approximate surface area is 123 Å². The number of rotatable bonds is 7. The summed E-state index contributed by atoms with van der Waals surface area (Å²) in [5.41, 5.74) is 0. The van der Waals surface area contributed by atoms with Crippen molar-refractivity contribution in [1.82, 2.24) is 24.7 Å². The lowest BCUT2D eigenvalue weighted by Gasteiger charge is -2.15. The molecule has 1 atom stereocenters. The smallest absolute Gasteiger partial charge is 0.257 e. The maximum atomic E-state index is 9.85. The molecule has 0 amide bonds. The van der Waals surface area contributed by atoms with Crippen LogP contribution in [0.3, 0.4) is 0 Å². The van der Waals surface area contributed by atoms with Crippen molar-refractivity contribution in [3.8, 4) is 5.95 Å². The zero-order valence-corrected chi connectivity index (χ0v) is 12.5. The van der Waals surface area contributed by atoms with Crippen LogP contribution >= 0.6 is 0 Å². The molecule has 2 rings (SSSR count). The standard InChI is InChI=1S/C13H21N7O/c1-4-14-11-17-12(15-8-10(21)9(2)3)19-13(18-11)20-7-5-6-16-20/h5-7,9-10,21H,4,8H2,1-3H3,(H2,14,15,17,18,19). The molecule has 0 aliphatic heterocycles. The van der Waals surface area contributed by atoms with Gasteiger partial charge >= 0.3 is 0 Å². The van der Waals surface area contributed by atoms with Gasteiger partial charge < -0.3 is 15.7 Å². The van der Waals surface area contributed by atoms with Crippen molar-refractivity contribution in [3.05, 3.63) is 18.5 Å². The second-order valence-electron chi connectivity index (χ2n) is 4.96. The number of nitrogens with zero attached hydrogens (tertiary/aromatic N) is 5. The second-order valence-corrected chi connectivity index (χ2v) is 4.96. The first-order valence-corrected chi connectivity index (χ1v) is 7.02. The minimum Gasteiger partial charge on any atom is -0.391 e. The van der Waals surface area contributed by atoms with Crippen LogP contribution in [-0.4, -0.2) is 49.0 Å². The molecular formula is C13H21N7O. The van der Waals surface area contributed by atoms with Gasteiger partial charge in [-0.3, -0.25) is 0 Å². The van der Waals surface area contributed by atoms with Crippen LogP contribution in [0.15, 0.2) is 18.5 Å². The molecule has 2 aromatic heterocycles. The fraction of sp³-hybridized carbons (Fsp3) is 0.538. The fourth-order valence-corrected chi connectivity index (χ4v) is 1.60. The normalized spacial score (nSPS) is 12.4. The predicted octanol–water partition coefficient (Wildman–Crippen LogP) is 0.918. The first kappa shape index (κ1) is 15.2. The molecule has 114 valence electrons. The van der Waals surface area contributed by atoms with Gasteiger partial charge in [0.2, 0.25) is 11.9 Å². The van der Waals surface area contributed by atoms with Crippen molar-refractivity contribution in [3.63, 3.8) is 0 Å². The van der Waals surface area contributed by atoms with Crippen LogP contribution in [0.4, 0.5) is 11.9 Å². The molecule has 21 heavy (non-hydrogen) atoms. The van der Waals surface area contributed by atoms with Gasteiger partial charge in [0.25, 0.3) is 5.95 Å². The number of aliphatic hydroxyl groups excluding tert-OH is 1. The molecule has 0 bridgehead atoms. The predicted molar refractivity (Wildman–Crippen MR) is 80.4 cm³/mol. The maximum absolute atomic E-state index is 9.85. The molecule has 0 radical (unpaired) electrons. The van der Waals surface area contributed by atoms with E-state index in [9.17, 15) is 5.11 Å². The summed E-state index contributed by atoms with van der Waals surface area (Å²) in [5.74, 6) is 1.47. The third kappa shape index (κ3) is 4.12. The molecule has 1 unspecified atom stereocenters. The average molecular weight is 291 g/mol. The number of nitrogens with one attached hydrogen (secondary N) is 2. The molecule has 0 aromatic carbocycles. The Balaban J connectivity index is 2.19. The van der Waals surface area contributed by atoms with E-state index < -0.39 is 6.10 Å². The number of hydrogen-bond acceptors (Lipinski definition) is 7. The van der Waals surface area contributed by atoms with Crippen molar-refractivity contribution in [2.75, 3.05) is 23.7 Å². The number of aliphatic hydroxyl groups is 1. The average Bonchev–Trinajstić information content (AvgIpc) is 2.99. The maximum Gasteiger partial charge on any atom is 0.257 e. The van der Waals surface area contributed by atoms with Crippen molar-refractivity contribution in [2.45, 2.75) is 26.9 Å². The van der Waals surface area contributed by atoms with E-state index in [-0.39, 0.29) is 5.92 Å². The van der Waals surface area contributed by atoms with Gasteiger partial charge in [0.15, 0.2) is 0 Å². The second kappa shape index (κ2) is 6.98. The highest BCUT2D eigenvalue weighted by Gasteiger charge is 2.12. The van der Waals surface area contributed by atoms with Gasteiger partial charge in [-0.2, -0.15) is 20.1 Å². The highest BCUT2D eigenvalue weighted by atomic mass is 16.3. The van der Waals surface area contributed by atoms with Crippen molar-refractivity contribution in [1.29, 1.82) is 0 Å². The SMILES string of the molecule is CCNc1nc(NCC(O)C(C)C)nc(-n2cccn2)n1. The van der Waals surface area contributed by atoms with Crippen molar-refractivity contribution >= 4 is 11.9 Å². The summed E-state index contributed by atoms with van der Waals surface area (Å²) >= 11 is 0. The Kier molecular flexibility index (Phi) is 5.04. The van der Waals surface area contributed by atoms with Crippen LogP contribution < -0.4 is 10.6 Å². The summed E-state index contributed by atoms with van der Waals surface area (Å²) in [6.45, 7) is 6.97. The molecule has 8 heteroatoms. The Morgan fingerprint density at radius 2 is 1.90 bits per heavy atom. The van der Waals surface area contributed by atoms with Gasteiger partial charge in [-0.25, -0.2) is 4.68 Å². The molecule has 0 saturated heterocycles. The molecule has 0 spiro atoms. The summed E-state index contributed by atoms with van der Waals surface area (Å²) in [5, 5.41) is 20.0. The lowest BCUT2D eigenvalue weighted by Crippen LogP contribution is -2.26. The highest BCUT2D eigenvalue weighted by Crippen LogP contribution is 2.09. The molecule has 2 heterocycles. The minimum absolute atomic E-state index is 0.165. The minimum atomic E-state index is -0.461. The Morgan fingerprint density at radius 1 is 1.19 bits per heavy atom. The summed E-state index contributed by atoms with van der Waals surface area (Å²) in [6, 6.07) is 1.80. The lowest BCUT2D eigenvalue weighted by atomic mass is 10.1. The number of anilines is 2. The van der Waals surface area contributed by atoms with Crippen molar-refractivity contribution in [2.24, 2.45) is 5.92 Å². The quantitative estimate of drug-likeness (QED) is 0.697. The molecule has 0 aliphatic rings. The summed E-state index contributed by atoms with van der Waals surface area (Å²) < 4.78 is 1.56. The van der Waals surface area contributed by atoms with Crippen LogP contribution in [0, 0.1) is 5.92 Å². The van der Waals surface area contributed by atoms with Gasteiger partial charge in [0, 0.05) is 25.5 Å². The Morgan fingerprint density at radius 3 is 2.48 bits per heavy atom. The van der Waals surface area contributed by atoms with E-state index in [4.69, 9.17) is 0 Å². The van der Waals surface area contributed by atoms with Crippen LogP contribution in [0.2, 0.25) is 0 Å². The molecule has 0 saturated carbocycles. The number of hydrogen-bond donors (Lipinski definition) is 3. The molecule has 0 aliphatic carbocycles. The highest BCUT2D eigenvalue weighted by molar-refractivity contribution is 5.37. The van der Waals surface area contributed by atoms with E-state index in [0.717, 1.165) is 0 Å². The van der Waals surface area contributed by atoms with E-state index in [2.05, 4.69) is 30.7 Å². The van der Waals surface area contributed by atoms with Crippen LogP contribution in [-0.2, 0) is 0 Å². The molecular weight excluding hydrogens is 270 g/mol. The Bertz CT molecular complexity index is 556. The molecule has 3 N–H and O–H groups in total. The zero-order valence-electron chi connectivity index (χ0n) is 12.5. The van der Waals surface area contributed by atoms with Gasteiger partial charge in [0.1, 0.15) is 0 Å². The van der Waals surface area contributed by atoms with E-state index >= 15 is 0 Å². The Hall–Kier alpha value is -2.22. The summed E-state index contributed by atoms with van der Waals surface area (Å²) in [4.78, 5) is 12.9. The van der Waals surface area contributed by atoms with Gasteiger partial charge in [-0.15, -0.1) is 0 Å². The van der Waals surface area contributed by atoms with Crippen LogP contribution in [0.5, 0.6) is 0 Å². The van der Waals surface area contributed by atoms with Crippen LogP contribution in [0.1, 0.15) is 20.8 Å². The molecule has 0 fully saturated rings. The third-order valence-electron chi connectivity index (χ3n) is 2.91. The van der Waals surface area contributed by atoms with E-state index in [0.29, 0.717) is 30.9 Å². The largest absolute Gasteiger partial charge is 0.391 e. The first-order chi connectivity index (χ1) is 10.1. The van der Waals surface area contributed by atoms with E-state index in [1.54, 1.807) is 23.1 Å². The summed E-state index contributed by atoms with van der Waals surface area (Å²) in [6.07, 6.45) is 2.96. The van der Waals surface area contributed by atoms with Crippen LogP contribution in [0.25, 0.3) is 5.95 Å². The third-order valence-corrected chi connectivity index (χ3v) is 2.91. The van der Waals surface area contributed by atoms with E-state index in [1.807, 2.05) is 20.8 Å². The first-order valence-electron chi connectivity index (χ1n) is 7.02. The molecule has 8 nitrogen and oxygen atoms in total. The number of aromatic nitrogens is 5. The fourth-order valence-electron chi connectivity index (χ4n) is 1.60.